The Morgan fingerprint density at radius 2 is 1.59 bits per heavy atom. The highest BCUT2D eigenvalue weighted by atomic mass is 16.6. The zero-order valence-corrected chi connectivity index (χ0v) is 11.1. The number of esters is 1. The second-order valence-electron chi connectivity index (χ2n) is 4.82. The average Bonchev–Trinajstić information content (AvgIpc) is 2.20. The zero-order chi connectivity index (χ0) is 13.3. The van der Waals surface area contributed by atoms with Crippen molar-refractivity contribution in [3.05, 3.63) is 0 Å². The number of carboxylic acid groups (broad SMARTS) is 1. The quantitative estimate of drug-likeness (QED) is 0.500. The molecule has 0 aliphatic heterocycles. The fourth-order valence-corrected chi connectivity index (χ4v) is 1.67. The summed E-state index contributed by atoms with van der Waals surface area (Å²) in [6, 6.07) is 0. The Bertz CT molecular complexity index is 236. The predicted molar refractivity (Wildman–Crippen MR) is 65.7 cm³/mol. The van der Waals surface area contributed by atoms with Crippen LogP contribution in [0.4, 0.5) is 0 Å². The van der Waals surface area contributed by atoms with E-state index < -0.39 is 18.0 Å². The average molecular weight is 244 g/mol. The summed E-state index contributed by atoms with van der Waals surface area (Å²) in [5, 5.41) is 8.82. The van der Waals surface area contributed by atoms with Gasteiger partial charge < -0.3 is 9.84 Å². The molecule has 1 unspecified atom stereocenters. The van der Waals surface area contributed by atoms with Gasteiger partial charge in [-0.3, -0.25) is 4.79 Å². The summed E-state index contributed by atoms with van der Waals surface area (Å²) in [5.41, 5.74) is 0. The molecule has 17 heavy (non-hydrogen) atoms. The molecule has 0 radical (unpaired) electrons. The number of hydrogen-bond donors (Lipinski definition) is 1. The van der Waals surface area contributed by atoms with E-state index in [-0.39, 0.29) is 0 Å². The number of hydrogen-bond acceptors (Lipinski definition) is 3. The maximum Gasteiger partial charge on any atom is 0.345 e. The summed E-state index contributed by atoms with van der Waals surface area (Å²) in [7, 11) is 0. The van der Waals surface area contributed by atoms with Gasteiger partial charge in [0.15, 0.2) is 6.10 Å². The fraction of sp³-hybridized carbons (Fsp3) is 0.846. The smallest absolute Gasteiger partial charge is 0.345 e. The molecule has 0 heterocycles. The highest BCUT2D eigenvalue weighted by Crippen LogP contribution is 2.12. The molecule has 0 fully saturated rings. The van der Waals surface area contributed by atoms with Crippen LogP contribution in [0.3, 0.4) is 0 Å². The number of unbranched alkanes of at least 4 members (excludes halogenated alkanes) is 3. The third-order valence-corrected chi connectivity index (χ3v) is 2.58. The standard InChI is InChI=1S/C13H24O4/c1-10(2)8-6-4-5-7-9-12(13(15)16)17-11(3)14/h10,12H,4-9H2,1-3H3,(H,15,16). The summed E-state index contributed by atoms with van der Waals surface area (Å²) < 4.78 is 4.72. The Balaban J connectivity index is 3.61. The van der Waals surface area contributed by atoms with Crippen LogP contribution in [-0.4, -0.2) is 23.1 Å². The summed E-state index contributed by atoms with van der Waals surface area (Å²) >= 11 is 0. The van der Waals surface area contributed by atoms with Crippen molar-refractivity contribution < 1.29 is 19.4 Å². The molecule has 0 aromatic carbocycles. The van der Waals surface area contributed by atoms with E-state index in [2.05, 4.69) is 13.8 Å². The van der Waals surface area contributed by atoms with E-state index in [1.54, 1.807) is 0 Å². The van der Waals surface area contributed by atoms with Crippen LogP contribution in [0.5, 0.6) is 0 Å². The first-order valence-electron chi connectivity index (χ1n) is 6.33. The highest BCUT2D eigenvalue weighted by molar-refractivity contribution is 5.76. The number of carboxylic acids is 1. The number of rotatable bonds is 9. The monoisotopic (exact) mass is 244 g/mol. The lowest BCUT2D eigenvalue weighted by molar-refractivity contribution is -0.163. The Hall–Kier alpha value is -1.06. The minimum atomic E-state index is -1.05. The van der Waals surface area contributed by atoms with Crippen LogP contribution < -0.4 is 0 Å². The predicted octanol–water partition coefficient (Wildman–Crippen LogP) is 3.00. The summed E-state index contributed by atoms with van der Waals surface area (Å²) in [4.78, 5) is 21.5. The molecule has 0 aliphatic carbocycles. The molecule has 0 bridgehead atoms. The molecule has 0 saturated heterocycles. The van der Waals surface area contributed by atoms with Crippen LogP contribution in [0.2, 0.25) is 0 Å². The Morgan fingerprint density at radius 1 is 1.06 bits per heavy atom. The number of carbonyl (C=O) groups excluding carboxylic acids is 1. The first-order chi connectivity index (χ1) is 7.93. The first kappa shape index (κ1) is 15.9. The van der Waals surface area contributed by atoms with Gasteiger partial charge in [0, 0.05) is 6.92 Å². The number of carbonyl (C=O) groups is 2. The molecule has 0 rings (SSSR count). The van der Waals surface area contributed by atoms with Crippen molar-refractivity contribution >= 4 is 11.9 Å². The van der Waals surface area contributed by atoms with E-state index in [4.69, 9.17) is 9.84 Å². The normalized spacial score (nSPS) is 12.5. The van der Waals surface area contributed by atoms with Crippen molar-refractivity contribution in [2.24, 2.45) is 5.92 Å². The van der Waals surface area contributed by atoms with Crippen molar-refractivity contribution in [3.8, 4) is 0 Å². The fourth-order valence-electron chi connectivity index (χ4n) is 1.67. The Labute approximate surface area is 103 Å². The third kappa shape index (κ3) is 9.85. The van der Waals surface area contributed by atoms with E-state index in [1.165, 1.54) is 19.8 Å². The molecular formula is C13H24O4. The molecule has 0 saturated carbocycles. The van der Waals surface area contributed by atoms with Gasteiger partial charge in [-0.1, -0.05) is 39.5 Å². The van der Waals surface area contributed by atoms with Crippen LogP contribution in [-0.2, 0) is 14.3 Å². The molecule has 1 atom stereocenters. The van der Waals surface area contributed by atoms with Gasteiger partial charge in [-0.2, -0.15) is 0 Å². The SMILES string of the molecule is CC(=O)OC(CCCCCCC(C)C)C(=O)O. The van der Waals surface area contributed by atoms with Gasteiger partial charge in [-0.15, -0.1) is 0 Å². The van der Waals surface area contributed by atoms with Gasteiger partial charge in [-0.25, -0.2) is 4.79 Å². The lowest BCUT2D eigenvalue weighted by Gasteiger charge is -2.12. The molecule has 0 amide bonds. The van der Waals surface area contributed by atoms with Gasteiger partial charge in [0.25, 0.3) is 0 Å². The second-order valence-corrected chi connectivity index (χ2v) is 4.82. The summed E-state index contributed by atoms with van der Waals surface area (Å²) in [6.07, 6.45) is 4.74. The molecular weight excluding hydrogens is 220 g/mol. The van der Waals surface area contributed by atoms with Crippen LogP contribution in [0.1, 0.15) is 59.3 Å². The lowest BCUT2D eigenvalue weighted by atomic mass is 10.0. The zero-order valence-electron chi connectivity index (χ0n) is 11.1. The number of aliphatic carboxylic acids is 1. The van der Waals surface area contributed by atoms with Gasteiger partial charge in [0.2, 0.25) is 0 Å². The maximum atomic E-state index is 10.8. The van der Waals surface area contributed by atoms with E-state index >= 15 is 0 Å². The number of ether oxygens (including phenoxy) is 1. The van der Waals surface area contributed by atoms with Crippen LogP contribution >= 0.6 is 0 Å². The van der Waals surface area contributed by atoms with Crippen LogP contribution in [0, 0.1) is 5.92 Å². The Morgan fingerprint density at radius 3 is 2.00 bits per heavy atom. The molecule has 0 aromatic heterocycles. The minimum absolute atomic E-state index is 0.413. The van der Waals surface area contributed by atoms with Crippen LogP contribution in [0.15, 0.2) is 0 Å². The van der Waals surface area contributed by atoms with Crippen molar-refractivity contribution in [1.29, 1.82) is 0 Å². The third-order valence-electron chi connectivity index (χ3n) is 2.58. The van der Waals surface area contributed by atoms with Gasteiger partial charge in [0.05, 0.1) is 0 Å². The first-order valence-corrected chi connectivity index (χ1v) is 6.33. The molecule has 0 aliphatic rings. The molecule has 4 nitrogen and oxygen atoms in total. The largest absolute Gasteiger partial charge is 0.479 e. The molecule has 0 aromatic rings. The second kappa shape index (κ2) is 9.02. The van der Waals surface area contributed by atoms with Crippen molar-refractivity contribution in [1.82, 2.24) is 0 Å². The van der Waals surface area contributed by atoms with Crippen molar-refractivity contribution in [2.75, 3.05) is 0 Å². The minimum Gasteiger partial charge on any atom is -0.479 e. The van der Waals surface area contributed by atoms with Crippen molar-refractivity contribution in [2.45, 2.75) is 65.4 Å². The maximum absolute atomic E-state index is 10.8. The molecule has 0 spiro atoms. The lowest BCUT2D eigenvalue weighted by Crippen LogP contribution is -2.25. The molecule has 4 heteroatoms. The van der Waals surface area contributed by atoms with Crippen LogP contribution in [0.25, 0.3) is 0 Å². The van der Waals surface area contributed by atoms with E-state index in [0.717, 1.165) is 25.2 Å². The molecule has 100 valence electrons. The Kier molecular flexibility index (Phi) is 8.46. The van der Waals surface area contributed by atoms with E-state index in [0.29, 0.717) is 6.42 Å². The highest BCUT2D eigenvalue weighted by Gasteiger charge is 2.19. The van der Waals surface area contributed by atoms with Gasteiger partial charge in [-0.05, 0) is 18.8 Å². The van der Waals surface area contributed by atoms with Gasteiger partial charge in [0.1, 0.15) is 0 Å². The topological polar surface area (TPSA) is 63.6 Å². The van der Waals surface area contributed by atoms with E-state index in [1.807, 2.05) is 0 Å². The van der Waals surface area contributed by atoms with Crippen molar-refractivity contribution in [3.63, 3.8) is 0 Å². The molecule has 1 N–H and O–H groups in total. The summed E-state index contributed by atoms with van der Waals surface area (Å²) in [5.74, 6) is -0.859. The van der Waals surface area contributed by atoms with E-state index in [9.17, 15) is 9.59 Å². The van der Waals surface area contributed by atoms with Gasteiger partial charge >= 0.3 is 11.9 Å². The summed E-state index contributed by atoms with van der Waals surface area (Å²) in [6.45, 7) is 5.63.